The minimum absolute atomic E-state index is 0.0671. The van der Waals surface area contributed by atoms with Crippen molar-refractivity contribution < 1.29 is 48.1 Å². The summed E-state index contributed by atoms with van der Waals surface area (Å²) in [5, 5.41) is 14.5. The van der Waals surface area contributed by atoms with E-state index in [1.54, 1.807) is 30.3 Å². The van der Waals surface area contributed by atoms with Crippen molar-refractivity contribution >= 4 is 35.6 Å². The van der Waals surface area contributed by atoms with Crippen molar-refractivity contribution in [3.63, 3.8) is 0 Å². The van der Waals surface area contributed by atoms with Gasteiger partial charge in [0.1, 0.15) is 5.75 Å². The fourth-order valence-electron chi connectivity index (χ4n) is 4.46. The lowest BCUT2D eigenvalue weighted by atomic mass is 10.0. The van der Waals surface area contributed by atoms with Crippen molar-refractivity contribution in [1.29, 1.82) is 0 Å². The molecule has 0 spiro atoms. The minimum Gasteiger partial charge on any atom is -0.478 e. The number of nitrogens with zero attached hydrogens (tertiary/aromatic N) is 1. The van der Waals surface area contributed by atoms with Crippen LogP contribution in [-0.4, -0.2) is 89.6 Å². The Morgan fingerprint density at radius 1 is 0.830 bits per heavy atom. The number of nitrogens with one attached hydrogen (secondary N) is 2. The van der Waals surface area contributed by atoms with Gasteiger partial charge < -0.3 is 30.0 Å². The Bertz CT molecular complexity index is 1290. The molecule has 47 heavy (non-hydrogen) atoms. The van der Waals surface area contributed by atoms with E-state index in [2.05, 4.69) is 10.6 Å². The van der Waals surface area contributed by atoms with E-state index in [4.69, 9.17) is 14.2 Å². The number of hydrogen-bond donors (Lipinski definition) is 3. The van der Waals surface area contributed by atoms with E-state index >= 15 is 0 Å². The first kappa shape index (κ1) is 38.8. The fourth-order valence-corrected chi connectivity index (χ4v) is 4.46. The van der Waals surface area contributed by atoms with Gasteiger partial charge in [-0.2, -0.15) is 0 Å². The first-order valence-corrected chi connectivity index (χ1v) is 15.7. The number of ether oxygens (including phenoxy) is 3. The highest BCUT2D eigenvalue weighted by atomic mass is 16.5. The lowest BCUT2D eigenvalue weighted by molar-refractivity contribution is -0.138. The quantitative estimate of drug-likeness (QED) is 0.0552. The monoisotopic (exact) mass is 657 g/mol. The molecular weight excluding hydrogens is 610 g/mol. The van der Waals surface area contributed by atoms with Crippen LogP contribution in [0.5, 0.6) is 5.75 Å². The van der Waals surface area contributed by atoms with Crippen LogP contribution in [0.25, 0.3) is 0 Å². The summed E-state index contributed by atoms with van der Waals surface area (Å²) in [6.45, 7) is 9.41. The molecule has 1 aliphatic rings. The van der Waals surface area contributed by atoms with Crippen LogP contribution in [0.1, 0.15) is 72.6 Å². The van der Waals surface area contributed by atoms with E-state index in [0.717, 1.165) is 18.9 Å². The summed E-state index contributed by atoms with van der Waals surface area (Å²) < 4.78 is 17.1. The summed E-state index contributed by atoms with van der Waals surface area (Å²) in [6, 6.07) is 8.16. The highest BCUT2D eigenvalue weighted by Gasteiger charge is 2.25. The number of carboxylic acids is 1. The average molecular weight is 658 g/mol. The molecule has 1 heterocycles. The van der Waals surface area contributed by atoms with Crippen molar-refractivity contribution in [2.45, 2.75) is 83.8 Å². The zero-order valence-electron chi connectivity index (χ0n) is 27.7. The van der Waals surface area contributed by atoms with Crippen LogP contribution in [0.15, 0.2) is 54.1 Å². The van der Waals surface area contributed by atoms with Gasteiger partial charge in [-0.3, -0.25) is 28.9 Å². The molecule has 0 bridgehead atoms. The Morgan fingerprint density at radius 3 is 2.11 bits per heavy atom. The Kier molecular flexibility index (Phi) is 16.0. The first-order valence-electron chi connectivity index (χ1n) is 15.7. The number of imide groups is 1. The average Bonchev–Trinajstić information content (AvgIpc) is 3.32. The number of carbonyl (C=O) groups is 6. The molecule has 0 saturated heterocycles. The summed E-state index contributed by atoms with van der Waals surface area (Å²) in [6.07, 6.45) is 6.49. The summed E-state index contributed by atoms with van der Waals surface area (Å²) in [7, 11) is 0. The van der Waals surface area contributed by atoms with Gasteiger partial charge in [-0.25, -0.2) is 4.79 Å². The molecule has 1 aliphatic heterocycles. The second-order valence-electron chi connectivity index (χ2n) is 12.3. The van der Waals surface area contributed by atoms with Crippen LogP contribution in [-0.2, 0) is 38.2 Å². The van der Waals surface area contributed by atoms with Crippen molar-refractivity contribution in [2.75, 3.05) is 32.8 Å². The van der Waals surface area contributed by atoms with E-state index in [0.29, 0.717) is 39.0 Å². The van der Waals surface area contributed by atoms with Crippen LogP contribution < -0.4 is 15.4 Å². The topological polar surface area (TPSA) is 178 Å². The molecule has 0 fully saturated rings. The van der Waals surface area contributed by atoms with Crippen LogP contribution in [0.4, 0.5) is 0 Å². The summed E-state index contributed by atoms with van der Waals surface area (Å²) in [4.78, 5) is 72.3. The standard InChI is InChI=1S/C34H47N3O10/c1-33(2,16-8-9-20-37-29(40)14-15-30(37)41)46-22-17-34(3,4)45-21-10-13-27(38)35-18-19-36-28(39)23-25(32(43)44)24-31(42)47-26-11-6-5-7-12-26/h5-7,11-12,14-15,23H,8-10,13,16-22,24H2,1-4H3,(H,35,38)(H,36,39)(H,43,44)/b25-23-. The second-order valence-corrected chi connectivity index (χ2v) is 12.3. The summed E-state index contributed by atoms with van der Waals surface area (Å²) in [5.74, 6) is -3.43. The molecule has 0 aromatic heterocycles. The van der Waals surface area contributed by atoms with Crippen LogP contribution in [0, 0.1) is 0 Å². The van der Waals surface area contributed by atoms with Gasteiger partial charge in [-0.15, -0.1) is 0 Å². The van der Waals surface area contributed by atoms with E-state index in [1.165, 1.54) is 17.1 Å². The predicted molar refractivity (Wildman–Crippen MR) is 172 cm³/mol. The molecule has 0 radical (unpaired) electrons. The fraction of sp³-hybridized carbons (Fsp3) is 0.529. The first-order chi connectivity index (χ1) is 22.2. The third-order valence-corrected chi connectivity index (χ3v) is 7.19. The number of aliphatic carboxylic acids is 1. The number of carboxylic acid groups (broad SMARTS) is 1. The van der Waals surface area contributed by atoms with Crippen molar-refractivity contribution in [1.82, 2.24) is 15.5 Å². The largest absolute Gasteiger partial charge is 0.478 e. The Hall–Kier alpha value is -4.36. The smallest absolute Gasteiger partial charge is 0.332 e. The SMILES string of the molecule is CC(C)(CCCCN1C(=O)C=CC1=O)OCCC(C)(C)OCCCC(=O)NCCNC(=O)/C=C(/CC(=O)Oc1ccccc1)C(=O)O. The molecule has 4 amide bonds. The summed E-state index contributed by atoms with van der Waals surface area (Å²) in [5.41, 5.74) is -1.25. The number of unbranched alkanes of at least 4 members (excludes halogenated alkanes) is 1. The molecule has 258 valence electrons. The highest BCUT2D eigenvalue weighted by Crippen LogP contribution is 2.22. The Morgan fingerprint density at radius 2 is 1.45 bits per heavy atom. The number of rotatable bonds is 22. The van der Waals surface area contributed by atoms with Crippen molar-refractivity contribution in [2.24, 2.45) is 0 Å². The number of benzene rings is 1. The number of hydrogen-bond acceptors (Lipinski definition) is 9. The maximum absolute atomic E-state index is 12.2. The van der Waals surface area contributed by atoms with Gasteiger partial charge in [0, 0.05) is 50.9 Å². The van der Waals surface area contributed by atoms with Gasteiger partial charge >= 0.3 is 11.9 Å². The van der Waals surface area contributed by atoms with Crippen LogP contribution in [0.3, 0.4) is 0 Å². The van der Waals surface area contributed by atoms with Crippen molar-refractivity contribution in [3.05, 3.63) is 54.1 Å². The zero-order valence-corrected chi connectivity index (χ0v) is 27.7. The van der Waals surface area contributed by atoms with Gasteiger partial charge in [0.25, 0.3) is 11.8 Å². The van der Waals surface area contributed by atoms with Gasteiger partial charge in [0.2, 0.25) is 11.8 Å². The molecular formula is C34H47N3O10. The molecule has 0 saturated carbocycles. The molecule has 13 heteroatoms. The van der Waals surface area contributed by atoms with E-state index in [9.17, 15) is 33.9 Å². The molecule has 0 unspecified atom stereocenters. The second kappa shape index (κ2) is 19.3. The van der Waals surface area contributed by atoms with Gasteiger partial charge in [-0.1, -0.05) is 18.2 Å². The number of esters is 1. The van der Waals surface area contributed by atoms with Gasteiger partial charge in [0.05, 0.1) is 29.8 Å². The number of amides is 4. The number of para-hydroxylation sites is 1. The summed E-state index contributed by atoms with van der Waals surface area (Å²) >= 11 is 0. The maximum atomic E-state index is 12.2. The third kappa shape index (κ3) is 16.2. The molecule has 3 N–H and O–H groups in total. The van der Waals surface area contributed by atoms with E-state index in [1.807, 2.05) is 27.7 Å². The Balaban J connectivity index is 1.55. The number of carbonyl (C=O) groups excluding carboxylic acids is 5. The molecule has 13 nitrogen and oxygen atoms in total. The molecule has 2 rings (SSSR count). The highest BCUT2D eigenvalue weighted by molar-refractivity contribution is 6.12. The molecule has 0 aliphatic carbocycles. The normalized spacial score (nSPS) is 13.5. The lowest BCUT2D eigenvalue weighted by Gasteiger charge is -2.30. The van der Waals surface area contributed by atoms with Crippen molar-refractivity contribution in [3.8, 4) is 5.75 Å². The minimum atomic E-state index is -1.42. The van der Waals surface area contributed by atoms with Crippen LogP contribution in [0.2, 0.25) is 0 Å². The van der Waals surface area contributed by atoms with Gasteiger partial charge in [0.15, 0.2) is 0 Å². The molecule has 1 aromatic rings. The lowest BCUT2D eigenvalue weighted by Crippen LogP contribution is -2.34. The van der Waals surface area contributed by atoms with Gasteiger partial charge in [-0.05, 0) is 71.9 Å². The Labute approximate surface area is 275 Å². The zero-order chi connectivity index (χ0) is 34.9. The van der Waals surface area contributed by atoms with Crippen LogP contribution >= 0.6 is 0 Å². The molecule has 1 aromatic carbocycles. The maximum Gasteiger partial charge on any atom is 0.332 e. The van der Waals surface area contributed by atoms with E-state index in [-0.39, 0.29) is 48.6 Å². The molecule has 0 atom stereocenters. The third-order valence-electron chi connectivity index (χ3n) is 7.19. The predicted octanol–water partition coefficient (Wildman–Crippen LogP) is 3.08. The van der Waals surface area contributed by atoms with E-state index < -0.39 is 35.4 Å².